The van der Waals surface area contributed by atoms with Crippen LogP contribution in [0.4, 0.5) is 17.1 Å². The maximum atomic E-state index is 2.48. The number of fused-ring (bicyclic) bond motifs is 7. The summed E-state index contributed by atoms with van der Waals surface area (Å²) in [5.41, 5.74) is 18.3. The first-order valence-corrected chi connectivity index (χ1v) is 20.0. The lowest BCUT2D eigenvalue weighted by Gasteiger charge is -2.35. The molecule has 0 bridgehead atoms. The Balaban J connectivity index is 1.17. The predicted octanol–water partition coefficient (Wildman–Crippen LogP) is 14.6. The number of hydrogen-bond acceptors (Lipinski definition) is 1. The van der Waals surface area contributed by atoms with Gasteiger partial charge in [0.1, 0.15) is 0 Å². The van der Waals surface area contributed by atoms with E-state index in [0.717, 1.165) is 17.1 Å². The minimum atomic E-state index is -0.530. The van der Waals surface area contributed by atoms with Crippen molar-refractivity contribution in [3.8, 4) is 33.4 Å². The molecule has 1 heteroatoms. The molecule has 270 valence electrons. The van der Waals surface area contributed by atoms with Crippen LogP contribution in [-0.2, 0) is 10.8 Å². The first kappa shape index (κ1) is 33.4. The van der Waals surface area contributed by atoms with Gasteiger partial charge in [-0.25, -0.2) is 0 Å². The van der Waals surface area contributed by atoms with E-state index >= 15 is 0 Å². The van der Waals surface area contributed by atoms with Crippen LogP contribution in [0.1, 0.15) is 47.2 Å². The van der Waals surface area contributed by atoms with Gasteiger partial charge in [-0.3, -0.25) is 0 Å². The molecule has 0 aliphatic heterocycles. The van der Waals surface area contributed by atoms with Crippen molar-refractivity contribution in [3.63, 3.8) is 0 Å². The molecule has 0 atom stereocenters. The standard InChI is InChI=1S/C56H41N/c1-55(2)51-25-15-14-24-47(51)48-32-30-45(36-52(48)55)57(44-28-26-39(27-29-44)38-16-6-3-7-17-38)46-31-33-49-50-34-40-18-12-13-19-41(40)35-53(50)56(54(49)37-46,42-20-8-4-9-21-42)43-22-10-5-11-23-43/h3-37H,1-2H3. The molecule has 0 unspecified atom stereocenters. The van der Waals surface area contributed by atoms with Gasteiger partial charge in [0.15, 0.2) is 0 Å². The van der Waals surface area contributed by atoms with Crippen molar-refractivity contribution in [1.29, 1.82) is 0 Å². The lowest BCUT2D eigenvalue weighted by atomic mass is 9.67. The molecule has 0 fully saturated rings. The SMILES string of the molecule is CC1(C)c2ccccc2-c2ccc(N(c3ccc(-c4ccccc4)cc3)c3ccc4c(c3)C(c3ccccc3)(c3ccccc3)c3cc5ccccc5cc3-4)cc21. The summed E-state index contributed by atoms with van der Waals surface area (Å²) in [7, 11) is 0. The van der Waals surface area contributed by atoms with Gasteiger partial charge >= 0.3 is 0 Å². The maximum Gasteiger partial charge on any atom is 0.0714 e. The van der Waals surface area contributed by atoms with E-state index in [-0.39, 0.29) is 5.41 Å². The van der Waals surface area contributed by atoms with Crippen molar-refractivity contribution in [1.82, 2.24) is 0 Å². The second-order valence-corrected chi connectivity index (χ2v) is 16.1. The van der Waals surface area contributed by atoms with Crippen molar-refractivity contribution in [2.24, 2.45) is 0 Å². The Morgan fingerprint density at radius 3 is 1.42 bits per heavy atom. The Labute approximate surface area is 335 Å². The van der Waals surface area contributed by atoms with Gasteiger partial charge < -0.3 is 4.90 Å². The molecule has 2 aliphatic rings. The summed E-state index contributed by atoms with van der Waals surface area (Å²) in [4.78, 5) is 2.47. The molecule has 57 heavy (non-hydrogen) atoms. The van der Waals surface area contributed by atoms with Crippen LogP contribution in [0.15, 0.2) is 212 Å². The lowest BCUT2D eigenvalue weighted by molar-refractivity contribution is 0.660. The predicted molar refractivity (Wildman–Crippen MR) is 239 cm³/mol. The molecule has 0 aromatic heterocycles. The monoisotopic (exact) mass is 727 g/mol. The Hall–Kier alpha value is -6.96. The number of nitrogens with zero attached hydrogens (tertiary/aromatic N) is 1. The van der Waals surface area contributed by atoms with Crippen LogP contribution < -0.4 is 4.90 Å². The number of rotatable bonds is 6. The quantitative estimate of drug-likeness (QED) is 0.165. The average molecular weight is 728 g/mol. The summed E-state index contributed by atoms with van der Waals surface area (Å²) < 4.78 is 0. The molecule has 11 rings (SSSR count). The molecule has 0 N–H and O–H groups in total. The molecular weight excluding hydrogens is 687 g/mol. The Kier molecular flexibility index (Phi) is 7.50. The summed E-state index contributed by atoms with van der Waals surface area (Å²) in [5, 5.41) is 2.51. The molecule has 9 aromatic carbocycles. The molecule has 0 amide bonds. The molecule has 0 heterocycles. The highest BCUT2D eigenvalue weighted by Crippen LogP contribution is 2.58. The fourth-order valence-electron chi connectivity index (χ4n) is 10.0. The van der Waals surface area contributed by atoms with E-state index in [1.165, 1.54) is 77.5 Å². The topological polar surface area (TPSA) is 3.24 Å². The Morgan fingerprint density at radius 2 is 0.772 bits per heavy atom. The Bertz CT molecular complexity index is 2920. The van der Waals surface area contributed by atoms with Crippen LogP contribution in [-0.4, -0.2) is 0 Å². The van der Waals surface area contributed by atoms with Crippen molar-refractivity contribution < 1.29 is 0 Å². The van der Waals surface area contributed by atoms with E-state index in [9.17, 15) is 0 Å². The number of benzene rings is 9. The first-order chi connectivity index (χ1) is 28.0. The molecule has 0 saturated carbocycles. The van der Waals surface area contributed by atoms with Crippen molar-refractivity contribution in [2.75, 3.05) is 4.90 Å². The highest BCUT2D eigenvalue weighted by atomic mass is 15.1. The van der Waals surface area contributed by atoms with E-state index in [1.807, 2.05) is 0 Å². The lowest BCUT2D eigenvalue weighted by Crippen LogP contribution is -2.28. The van der Waals surface area contributed by atoms with Crippen LogP contribution >= 0.6 is 0 Å². The minimum Gasteiger partial charge on any atom is -0.310 e. The van der Waals surface area contributed by atoms with Gasteiger partial charge in [0.2, 0.25) is 0 Å². The van der Waals surface area contributed by atoms with Gasteiger partial charge in [-0.15, -0.1) is 0 Å². The van der Waals surface area contributed by atoms with Gasteiger partial charge in [-0.2, -0.15) is 0 Å². The molecule has 0 radical (unpaired) electrons. The van der Waals surface area contributed by atoms with Crippen LogP contribution in [0.5, 0.6) is 0 Å². The normalized spacial score (nSPS) is 14.1. The molecule has 1 nitrogen and oxygen atoms in total. The van der Waals surface area contributed by atoms with Gasteiger partial charge in [-0.05, 0) is 126 Å². The molecule has 2 aliphatic carbocycles. The first-order valence-electron chi connectivity index (χ1n) is 20.0. The molecule has 0 spiro atoms. The fraction of sp³-hybridized carbons (Fsp3) is 0.0714. The van der Waals surface area contributed by atoms with Crippen LogP contribution in [0.3, 0.4) is 0 Å². The smallest absolute Gasteiger partial charge is 0.0714 e. The third kappa shape index (κ3) is 5.02. The van der Waals surface area contributed by atoms with E-state index < -0.39 is 5.41 Å². The van der Waals surface area contributed by atoms with E-state index in [0.29, 0.717) is 0 Å². The van der Waals surface area contributed by atoms with Crippen molar-refractivity contribution in [3.05, 3.63) is 246 Å². The van der Waals surface area contributed by atoms with Gasteiger partial charge in [0.05, 0.1) is 5.41 Å². The summed E-state index contributed by atoms with van der Waals surface area (Å²) in [6.45, 7) is 4.73. The van der Waals surface area contributed by atoms with Gasteiger partial charge in [0, 0.05) is 22.5 Å². The third-order valence-electron chi connectivity index (χ3n) is 12.7. The number of anilines is 3. The van der Waals surface area contributed by atoms with E-state index in [2.05, 4.69) is 231 Å². The molecule has 0 saturated heterocycles. The third-order valence-corrected chi connectivity index (χ3v) is 12.7. The highest BCUT2D eigenvalue weighted by Gasteiger charge is 2.47. The van der Waals surface area contributed by atoms with Crippen LogP contribution in [0, 0.1) is 0 Å². The zero-order valence-corrected chi connectivity index (χ0v) is 32.2. The Morgan fingerprint density at radius 1 is 0.316 bits per heavy atom. The van der Waals surface area contributed by atoms with Gasteiger partial charge in [0.25, 0.3) is 0 Å². The average Bonchev–Trinajstić information content (AvgIpc) is 3.68. The minimum absolute atomic E-state index is 0.123. The second kappa shape index (κ2) is 12.8. The summed E-state index contributed by atoms with van der Waals surface area (Å²) in [6.07, 6.45) is 0. The fourth-order valence-corrected chi connectivity index (χ4v) is 10.0. The van der Waals surface area contributed by atoms with Crippen molar-refractivity contribution >= 4 is 27.8 Å². The summed E-state index contributed by atoms with van der Waals surface area (Å²) in [6, 6.07) is 78.9. The van der Waals surface area contributed by atoms with Crippen LogP contribution in [0.25, 0.3) is 44.2 Å². The maximum absolute atomic E-state index is 2.48. The molecule has 9 aromatic rings. The van der Waals surface area contributed by atoms with E-state index in [1.54, 1.807) is 0 Å². The largest absolute Gasteiger partial charge is 0.310 e. The zero-order valence-electron chi connectivity index (χ0n) is 32.2. The van der Waals surface area contributed by atoms with E-state index in [4.69, 9.17) is 0 Å². The summed E-state index contributed by atoms with van der Waals surface area (Å²) >= 11 is 0. The van der Waals surface area contributed by atoms with Crippen molar-refractivity contribution in [2.45, 2.75) is 24.7 Å². The van der Waals surface area contributed by atoms with Gasteiger partial charge in [-0.1, -0.05) is 178 Å². The summed E-state index contributed by atoms with van der Waals surface area (Å²) in [5.74, 6) is 0. The van der Waals surface area contributed by atoms with Crippen LogP contribution in [0.2, 0.25) is 0 Å². The highest BCUT2D eigenvalue weighted by molar-refractivity contribution is 5.97. The second-order valence-electron chi connectivity index (χ2n) is 16.1. The molecular formula is C56H41N. The number of hydrogen-bond donors (Lipinski definition) is 0. The zero-order chi connectivity index (χ0) is 38.1.